The molecule has 1 aliphatic heterocycles. The molecule has 18 heteroatoms. The third kappa shape index (κ3) is 16.9. The number of aliphatic carboxylic acids is 2. The molecule has 0 radical (unpaired) electrons. The van der Waals surface area contributed by atoms with Gasteiger partial charge in [-0.1, -0.05) is 120 Å². The van der Waals surface area contributed by atoms with Gasteiger partial charge in [0.2, 0.25) is 0 Å². The molecule has 6 aromatic carbocycles. The van der Waals surface area contributed by atoms with E-state index in [0.717, 1.165) is 72.5 Å². The van der Waals surface area contributed by atoms with Crippen LogP contribution in [0.15, 0.2) is 168 Å². The van der Waals surface area contributed by atoms with E-state index in [4.69, 9.17) is 51.6 Å². The zero-order valence-electron chi connectivity index (χ0n) is 48.5. The van der Waals surface area contributed by atoms with Gasteiger partial charge in [0.05, 0.1) is 47.7 Å². The molecule has 9 rings (SSSR count). The van der Waals surface area contributed by atoms with Crippen LogP contribution in [0.3, 0.4) is 0 Å². The van der Waals surface area contributed by atoms with E-state index in [1.807, 2.05) is 97.1 Å². The Morgan fingerprint density at radius 1 is 0.547 bits per heavy atom. The highest BCUT2D eigenvalue weighted by Gasteiger charge is 2.28. The molecule has 0 saturated heterocycles. The minimum Gasteiger partial charge on any atom is -0.488 e. The van der Waals surface area contributed by atoms with Crippen molar-refractivity contribution >= 4 is 47.1 Å². The lowest BCUT2D eigenvalue weighted by atomic mass is 9.92. The number of nitrogens with one attached hydrogen (secondary N) is 2. The van der Waals surface area contributed by atoms with Crippen LogP contribution >= 0.6 is 23.2 Å². The molecule has 0 bridgehead atoms. The highest BCUT2D eigenvalue weighted by Crippen LogP contribution is 2.38. The summed E-state index contributed by atoms with van der Waals surface area (Å²) in [4.78, 5) is 42.4. The third-order valence-electron chi connectivity index (χ3n) is 14.7. The predicted molar refractivity (Wildman–Crippen MR) is 333 cm³/mol. The molecule has 16 nitrogen and oxygen atoms in total. The normalized spacial score (nSPS) is 13.4. The quantitative estimate of drug-likeness (QED) is 0.0299. The van der Waals surface area contributed by atoms with Crippen molar-refractivity contribution < 1.29 is 48.2 Å². The second kappa shape index (κ2) is 30.0. The Hall–Kier alpha value is -8.48. The largest absolute Gasteiger partial charge is 0.488 e. The zero-order valence-corrected chi connectivity index (χ0v) is 50.0. The standard InChI is InChI=1S/C68H68Cl2N6O10/c1-42-51(40-85-63-26-61(83-38-49-22-48(28-71-5)29-72-30-49)54(24-58(63)69)33-75-65(67(77)78)44(3)81-36-46-14-8-6-9-15-46)18-12-20-56(42)57-21-13-19-52(43(57)2)41-86-64-27-62(84-39-50-23-53(32-73-31-50)60-35-74-60)55(25-59(64)70)34-76-66(68(79)80)45(4)82-37-47-16-10-7-11-17-47/h6-32,44-45,65-66,75-76H,33-41H2,1-5H3,(H,77,78)(H,79,80)/t44-,45-,65+,66+/m1/s1. The Morgan fingerprint density at radius 3 is 1.45 bits per heavy atom. The fourth-order valence-electron chi connectivity index (χ4n) is 9.71. The number of pyridine rings is 2. The smallest absolute Gasteiger partial charge is 0.323 e. The summed E-state index contributed by atoms with van der Waals surface area (Å²) in [5.74, 6) is -0.474. The molecule has 4 N–H and O–H groups in total. The molecule has 444 valence electrons. The monoisotopic (exact) mass is 1200 g/mol. The van der Waals surface area contributed by atoms with Crippen molar-refractivity contribution in [2.75, 3.05) is 13.6 Å². The number of carboxylic acid groups (broad SMARTS) is 2. The van der Waals surface area contributed by atoms with Crippen molar-refractivity contribution in [2.45, 2.75) is 105 Å². The Balaban J connectivity index is 0.905. The van der Waals surface area contributed by atoms with E-state index in [2.05, 4.69) is 56.6 Å². The van der Waals surface area contributed by atoms with E-state index in [-0.39, 0.29) is 52.7 Å². The van der Waals surface area contributed by atoms with Crippen molar-refractivity contribution in [3.63, 3.8) is 0 Å². The van der Waals surface area contributed by atoms with Gasteiger partial charge in [-0.05, 0) is 96.5 Å². The lowest BCUT2D eigenvalue weighted by Crippen LogP contribution is -2.45. The van der Waals surface area contributed by atoms with Crippen molar-refractivity contribution in [1.29, 1.82) is 0 Å². The van der Waals surface area contributed by atoms with Crippen LogP contribution in [0.4, 0.5) is 0 Å². The molecule has 0 spiro atoms. The van der Waals surface area contributed by atoms with Crippen molar-refractivity contribution in [1.82, 2.24) is 20.6 Å². The minimum absolute atomic E-state index is 0.0942. The van der Waals surface area contributed by atoms with Gasteiger partial charge in [-0.25, -0.2) is 0 Å². The van der Waals surface area contributed by atoms with Gasteiger partial charge in [-0.15, -0.1) is 0 Å². The minimum atomic E-state index is -1.06. The van der Waals surface area contributed by atoms with Crippen LogP contribution in [0.5, 0.6) is 23.0 Å². The fourth-order valence-corrected chi connectivity index (χ4v) is 10.2. The number of nitrogens with zero attached hydrogens (tertiary/aromatic N) is 4. The SMILES string of the molecule is CN=Cc1cncc(COc2cc(OCc3cccc(-c4cccc(COc5cc(OCc6cncc(C7=NC7)c6)c(CN[C@H](C(=O)O)[C@@H](C)OCc6ccccc6)cc5Cl)c4C)c3C)c(Cl)cc2CN[C@H](C(=O)O)[C@@H](C)OCc2ccccc2)c1. The summed E-state index contributed by atoms with van der Waals surface area (Å²) in [5, 5.41) is 27.5. The van der Waals surface area contributed by atoms with E-state index in [1.54, 1.807) is 76.2 Å². The predicted octanol–water partition coefficient (Wildman–Crippen LogP) is 12.5. The number of aromatic nitrogens is 2. The first kappa shape index (κ1) is 62.1. The lowest BCUT2D eigenvalue weighted by Gasteiger charge is -2.23. The van der Waals surface area contributed by atoms with Gasteiger partial charge in [0.15, 0.2) is 0 Å². The van der Waals surface area contributed by atoms with Gasteiger partial charge in [-0.3, -0.25) is 40.2 Å². The first-order chi connectivity index (χ1) is 41.7. The molecule has 3 heterocycles. The Morgan fingerprint density at radius 2 is 1.00 bits per heavy atom. The van der Waals surface area contributed by atoms with Crippen LogP contribution in [0.25, 0.3) is 11.1 Å². The molecule has 8 aromatic rings. The second-order valence-corrected chi connectivity index (χ2v) is 21.7. The molecular weight excluding hydrogens is 1130 g/mol. The average Bonchev–Trinajstić information content (AvgIpc) is 3.62. The molecule has 2 aromatic heterocycles. The molecular formula is C68H68Cl2N6O10. The maximum Gasteiger partial charge on any atom is 0.323 e. The molecule has 0 amide bonds. The number of hydrogen-bond donors (Lipinski definition) is 4. The van der Waals surface area contributed by atoms with Crippen LogP contribution in [-0.2, 0) is 71.8 Å². The topological polar surface area (TPSA) is 205 Å². The van der Waals surface area contributed by atoms with Crippen molar-refractivity contribution in [3.05, 3.63) is 235 Å². The second-order valence-electron chi connectivity index (χ2n) is 20.9. The van der Waals surface area contributed by atoms with E-state index < -0.39 is 36.2 Å². The van der Waals surface area contributed by atoms with Gasteiger partial charge in [0.1, 0.15) is 61.5 Å². The fraction of sp³-hybridized carbons (Fsp3) is 0.265. The molecule has 0 unspecified atom stereocenters. The van der Waals surface area contributed by atoms with Gasteiger partial charge >= 0.3 is 11.9 Å². The first-order valence-electron chi connectivity index (χ1n) is 28.1. The van der Waals surface area contributed by atoms with Crippen LogP contribution in [0.2, 0.25) is 10.0 Å². The average molecular weight is 1200 g/mol. The van der Waals surface area contributed by atoms with E-state index in [0.29, 0.717) is 50.7 Å². The van der Waals surface area contributed by atoms with Gasteiger partial charge < -0.3 is 38.6 Å². The highest BCUT2D eigenvalue weighted by molar-refractivity contribution is 6.32. The Bertz CT molecular complexity index is 3700. The molecule has 1 aliphatic rings. The summed E-state index contributed by atoms with van der Waals surface area (Å²) in [6.07, 6.45) is 7.29. The molecule has 0 aliphatic carbocycles. The number of carbonyl (C=O) groups is 2. The van der Waals surface area contributed by atoms with Crippen LogP contribution in [-0.4, -0.2) is 81.9 Å². The van der Waals surface area contributed by atoms with Gasteiger partial charge in [-0.2, -0.15) is 0 Å². The molecule has 0 saturated carbocycles. The Kier molecular flexibility index (Phi) is 21.7. The molecule has 0 fully saturated rings. The molecule has 4 atom stereocenters. The highest BCUT2D eigenvalue weighted by atomic mass is 35.5. The molecule has 86 heavy (non-hydrogen) atoms. The summed E-state index contributed by atoms with van der Waals surface area (Å²) in [7, 11) is 1.69. The lowest BCUT2D eigenvalue weighted by molar-refractivity contribution is -0.145. The van der Waals surface area contributed by atoms with E-state index >= 15 is 0 Å². The van der Waals surface area contributed by atoms with E-state index in [9.17, 15) is 19.8 Å². The number of aliphatic imine (C=N–C) groups is 2. The number of ether oxygens (including phenoxy) is 6. The summed E-state index contributed by atoms with van der Waals surface area (Å²) < 4.78 is 38.0. The Labute approximate surface area is 510 Å². The number of carboxylic acids is 2. The zero-order chi connectivity index (χ0) is 60.5. The maximum absolute atomic E-state index is 12.6. The van der Waals surface area contributed by atoms with E-state index in [1.165, 1.54) is 0 Å². The van der Waals surface area contributed by atoms with Crippen LogP contribution in [0.1, 0.15) is 80.6 Å². The number of benzene rings is 6. The first-order valence-corrected chi connectivity index (χ1v) is 28.9. The summed E-state index contributed by atoms with van der Waals surface area (Å²) >= 11 is 14.0. The van der Waals surface area contributed by atoms with Gasteiger partial charge in [0, 0.05) is 96.7 Å². The summed E-state index contributed by atoms with van der Waals surface area (Å²) in [5.41, 5.74) is 13.3. The van der Waals surface area contributed by atoms with Crippen molar-refractivity contribution in [2.24, 2.45) is 9.98 Å². The summed E-state index contributed by atoms with van der Waals surface area (Å²) in [6, 6.07) is 40.1. The van der Waals surface area contributed by atoms with Gasteiger partial charge in [0.25, 0.3) is 0 Å². The summed E-state index contributed by atoms with van der Waals surface area (Å²) in [6.45, 7) is 9.62. The number of rotatable bonds is 31. The maximum atomic E-state index is 12.6. The van der Waals surface area contributed by atoms with Crippen molar-refractivity contribution in [3.8, 4) is 34.1 Å². The third-order valence-corrected chi connectivity index (χ3v) is 15.3. The number of hydrogen-bond acceptors (Lipinski definition) is 14. The van der Waals surface area contributed by atoms with Crippen LogP contribution in [0, 0.1) is 13.8 Å². The number of halogens is 2. The van der Waals surface area contributed by atoms with Crippen LogP contribution < -0.4 is 29.6 Å².